The molecule has 0 saturated carbocycles. The van der Waals surface area contributed by atoms with Crippen molar-refractivity contribution >= 4 is 5.69 Å². The molecule has 0 spiro atoms. The first-order valence-corrected chi connectivity index (χ1v) is 7.20. The molecule has 0 aliphatic carbocycles. The fraction of sp³-hybridized carbons (Fsp3) is 0.250. The third-order valence-corrected chi connectivity index (χ3v) is 3.31. The average molecular weight is 281 g/mol. The second kappa shape index (κ2) is 6.26. The molecule has 5 heteroatoms. The number of H-pyrrole nitrogens is 1. The van der Waals surface area contributed by atoms with E-state index in [1.807, 2.05) is 23.0 Å². The maximum atomic E-state index is 4.34. The van der Waals surface area contributed by atoms with E-state index in [1.165, 1.54) is 5.56 Å². The van der Waals surface area contributed by atoms with Crippen LogP contribution in [0.3, 0.4) is 0 Å². The van der Waals surface area contributed by atoms with Gasteiger partial charge in [-0.25, -0.2) is 0 Å². The first-order valence-electron chi connectivity index (χ1n) is 7.20. The first kappa shape index (κ1) is 13.4. The van der Waals surface area contributed by atoms with Gasteiger partial charge in [0, 0.05) is 42.3 Å². The molecule has 0 amide bonds. The van der Waals surface area contributed by atoms with Crippen LogP contribution in [0.4, 0.5) is 5.69 Å². The molecule has 21 heavy (non-hydrogen) atoms. The van der Waals surface area contributed by atoms with Crippen LogP contribution in [-0.4, -0.2) is 20.0 Å². The van der Waals surface area contributed by atoms with Crippen molar-refractivity contribution in [2.24, 2.45) is 0 Å². The zero-order chi connectivity index (χ0) is 14.5. The van der Waals surface area contributed by atoms with Crippen molar-refractivity contribution in [3.05, 3.63) is 54.5 Å². The number of rotatable bonds is 6. The number of benzene rings is 1. The van der Waals surface area contributed by atoms with Crippen LogP contribution in [0, 0.1) is 0 Å². The Balaban J connectivity index is 1.66. The Hall–Kier alpha value is -2.56. The van der Waals surface area contributed by atoms with E-state index in [9.17, 15) is 0 Å². The standard InChI is InChI=1S/C16H19N5/c1-2-8-21-12-13(11-19-21)10-17-15-5-3-4-14(9-15)16-6-7-18-20-16/h3-7,9,11-12,17H,2,8,10H2,1H3,(H,18,20). The van der Waals surface area contributed by atoms with Crippen molar-refractivity contribution in [1.82, 2.24) is 20.0 Å². The summed E-state index contributed by atoms with van der Waals surface area (Å²) in [6.07, 6.45) is 6.87. The summed E-state index contributed by atoms with van der Waals surface area (Å²) in [5.41, 5.74) is 4.43. The summed E-state index contributed by atoms with van der Waals surface area (Å²) >= 11 is 0. The highest BCUT2D eigenvalue weighted by Gasteiger charge is 2.01. The second-order valence-corrected chi connectivity index (χ2v) is 5.02. The van der Waals surface area contributed by atoms with Crippen molar-refractivity contribution in [2.45, 2.75) is 26.4 Å². The number of nitrogens with one attached hydrogen (secondary N) is 2. The van der Waals surface area contributed by atoms with Crippen LogP contribution in [0.5, 0.6) is 0 Å². The largest absolute Gasteiger partial charge is 0.381 e. The lowest BCUT2D eigenvalue weighted by Gasteiger charge is -2.06. The third kappa shape index (κ3) is 3.31. The molecule has 0 saturated heterocycles. The fourth-order valence-electron chi connectivity index (χ4n) is 2.27. The summed E-state index contributed by atoms with van der Waals surface area (Å²) in [7, 11) is 0. The van der Waals surface area contributed by atoms with Gasteiger partial charge < -0.3 is 5.32 Å². The molecular formula is C16H19N5. The van der Waals surface area contributed by atoms with Gasteiger partial charge in [-0.15, -0.1) is 0 Å². The van der Waals surface area contributed by atoms with Crippen LogP contribution in [0.2, 0.25) is 0 Å². The van der Waals surface area contributed by atoms with E-state index in [1.54, 1.807) is 6.20 Å². The number of anilines is 1. The topological polar surface area (TPSA) is 58.5 Å². The number of hydrogen-bond acceptors (Lipinski definition) is 3. The Morgan fingerprint density at radius 1 is 1.29 bits per heavy atom. The van der Waals surface area contributed by atoms with Gasteiger partial charge in [0.25, 0.3) is 0 Å². The monoisotopic (exact) mass is 281 g/mol. The van der Waals surface area contributed by atoms with Crippen LogP contribution in [-0.2, 0) is 13.1 Å². The highest BCUT2D eigenvalue weighted by molar-refractivity contribution is 5.64. The van der Waals surface area contributed by atoms with Gasteiger partial charge in [0.2, 0.25) is 0 Å². The van der Waals surface area contributed by atoms with Gasteiger partial charge >= 0.3 is 0 Å². The molecule has 0 aliphatic rings. The van der Waals surface area contributed by atoms with Gasteiger partial charge in [-0.2, -0.15) is 10.2 Å². The Labute approximate surface area is 124 Å². The molecule has 5 nitrogen and oxygen atoms in total. The van der Waals surface area contributed by atoms with Crippen molar-refractivity contribution in [2.75, 3.05) is 5.32 Å². The van der Waals surface area contributed by atoms with Crippen LogP contribution in [0.1, 0.15) is 18.9 Å². The van der Waals surface area contributed by atoms with Gasteiger partial charge in [0.05, 0.1) is 11.9 Å². The normalized spacial score (nSPS) is 10.7. The van der Waals surface area contributed by atoms with Gasteiger partial charge in [-0.05, 0) is 24.6 Å². The smallest absolute Gasteiger partial charge is 0.0650 e. The predicted octanol–water partition coefficient (Wildman–Crippen LogP) is 3.30. The average Bonchev–Trinajstić information content (AvgIpc) is 3.18. The number of aryl methyl sites for hydroxylation is 1. The summed E-state index contributed by atoms with van der Waals surface area (Å²) in [6.45, 7) is 3.89. The molecule has 0 fully saturated rings. The molecule has 3 aromatic rings. The Morgan fingerprint density at radius 3 is 3.05 bits per heavy atom. The molecule has 0 bridgehead atoms. The Kier molecular flexibility index (Phi) is 4.00. The van der Waals surface area contributed by atoms with E-state index in [0.29, 0.717) is 0 Å². The van der Waals surface area contributed by atoms with Crippen LogP contribution in [0.25, 0.3) is 11.3 Å². The molecular weight excluding hydrogens is 262 g/mol. The molecule has 0 radical (unpaired) electrons. The Morgan fingerprint density at radius 2 is 2.24 bits per heavy atom. The molecule has 3 rings (SSSR count). The minimum Gasteiger partial charge on any atom is -0.381 e. The van der Waals surface area contributed by atoms with Crippen molar-refractivity contribution in [3.8, 4) is 11.3 Å². The lowest BCUT2D eigenvalue weighted by molar-refractivity contribution is 0.602. The van der Waals surface area contributed by atoms with E-state index in [2.05, 4.69) is 51.9 Å². The first-order chi connectivity index (χ1) is 10.3. The molecule has 2 N–H and O–H groups in total. The van der Waals surface area contributed by atoms with E-state index in [-0.39, 0.29) is 0 Å². The van der Waals surface area contributed by atoms with Crippen LogP contribution < -0.4 is 5.32 Å². The van der Waals surface area contributed by atoms with Crippen LogP contribution in [0.15, 0.2) is 48.9 Å². The molecule has 0 unspecified atom stereocenters. The van der Waals surface area contributed by atoms with E-state index in [0.717, 1.165) is 36.5 Å². The van der Waals surface area contributed by atoms with E-state index in [4.69, 9.17) is 0 Å². The van der Waals surface area contributed by atoms with Gasteiger partial charge in [0.15, 0.2) is 0 Å². The van der Waals surface area contributed by atoms with E-state index >= 15 is 0 Å². The minimum atomic E-state index is 0.774. The van der Waals surface area contributed by atoms with Gasteiger partial charge in [-0.1, -0.05) is 19.1 Å². The van der Waals surface area contributed by atoms with Crippen molar-refractivity contribution < 1.29 is 0 Å². The predicted molar refractivity (Wildman–Crippen MR) is 83.9 cm³/mol. The zero-order valence-electron chi connectivity index (χ0n) is 12.1. The number of aromatic amines is 1. The highest BCUT2D eigenvalue weighted by Crippen LogP contribution is 2.20. The van der Waals surface area contributed by atoms with Crippen molar-refractivity contribution in [3.63, 3.8) is 0 Å². The summed E-state index contributed by atoms with van der Waals surface area (Å²) in [6, 6.07) is 10.3. The number of nitrogens with zero attached hydrogens (tertiary/aromatic N) is 3. The summed E-state index contributed by atoms with van der Waals surface area (Å²) in [5, 5.41) is 14.7. The molecule has 1 aromatic carbocycles. The minimum absolute atomic E-state index is 0.774. The zero-order valence-corrected chi connectivity index (χ0v) is 12.1. The number of hydrogen-bond donors (Lipinski definition) is 2. The SMILES string of the molecule is CCCn1cc(CNc2cccc(-c3ccn[nH]3)c2)cn1. The molecule has 2 aromatic heterocycles. The van der Waals surface area contributed by atoms with E-state index < -0.39 is 0 Å². The van der Waals surface area contributed by atoms with Crippen LogP contribution >= 0.6 is 0 Å². The van der Waals surface area contributed by atoms with Crippen molar-refractivity contribution in [1.29, 1.82) is 0 Å². The maximum Gasteiger partial charge on any atom is 0.0650 e. The maximum absolute atomic E-state index is 4.34. The van der Waals surface area contributed by atoms with Gasteiger partial charge in [-0.3, -0.25) is 9.78 Å². The summed E-state index contributed by atoms with van der Waals surface area (Å²) in [4.78, 5) is 0. The highest BCUT2D eigenvalue weighted by atomic mass is 15.3. The Bertz CT molecular complexity index is 684. The molecule has 2 heterocycles. The summed E-state index contributed by atoms with van der Waals surface area (Å²) in [5.74, 6) is 0. The molecule has 0 aliphatic heterocycles. The fourth-order valence-corrected chi connectivity index (χ4v) is 2.27. The third-order valence-electron chi connectivity index (χ3n) is 3.31. The number of aromatic nitrogens is 4. The second-order valence-electron chi connectivity index (χ2n) is 5.02. The molecule has 108 valence electrons. The van der Waals surface area contributed by atoms with Gasteiger partial charge in [0.1, 0.15) is 0 Å². The summed E-state index contributed by atoms with van der Waals surface area (Å²) < 4.78 is 1.98. The quantitative estimate of drug-likeness (QED) is 0.729. The lowest BCUT2D eigenvalue weighted by Crippen LogP contribution is -1.99. The lowest BCUT2D eigenvalue weighted by atomic mass is 10.1. The molecule has 0 atom stereocenters.